The summed E-state index contributed by atoms with van der Waals surface area (Å²) < 4.78 is 19.0. The van der Waals surface area contributed by atoms with Gasteiger partial charge in [0, 0.05) is 44.7 Å². The van der Waals surface area contributed by atoms with Crippen LogP contribution >= 0.6 is 0 Å². The van der Waals surface area contributed by atoms with Crippen LogP contribution in [0, 0.1) is 32.5 Å². The Balaban J connectivity index is 1.67. The molecule has 0 bridgehead atoms. The van der Waals surface area contributed by atoms with Gasteiger partial charge in [-0.1, -0.05) is 29.8 Å². The molecule has 1 aromatic heterocycles. The molecule has 0 aliphatic heterocycles. The SMILES string of the molecule is Cc1cc(C)c(C2=C(OC(=O)N(C)C)CC(Cc3cc(-c4ccc(F)cc4)ccn3)C2=O)c(C)c1. The number of benzene rings is 2. The zero-order valence-electron chi connectivity index (χ0n) is 20.7. The summed E-state index contributed by atoms with van der Waals surface area (Å²) in [5.74, 6) is -0.329. The molecule has 5 nitrogen and oxygen atoms in total. The summed E-state index contributed by atoms with van der Waals surface area (Å²) in [7, 11) is 3.23. The maximum atomic E-state index is 13.7. The first-order chi connectivity index (χ1) is 16.6. The molecule has 1 heterocycles. The van der Waals surface area contributed by atoms with E-state index in [0.717, 1.165) is 39.1 Å². The highest BCUT2D eigenvalue weighted by Gasteiger charge is 2.38. The number of rotatable bonds is 5. The van der Waals surface area contributed by atoms with Crippen molar-refractivity contribution in [3.05, 3.63) is 94.3 Å². The minimum atomic E-state index is -0.509. The first kappa shape index (κ1) is 24.3. The molecule has 1 unspecified atom stereocenters. The number of aromatic nitrogens is 1. The number of amides is 1. The maximum absolute atomic E-state index is 13.7. The van der Waals surface area contributed by atoms with E-state index in [1.54, 1.807) is 32.4 Å². The predicted molar refractivity (Wildman–Crippen MR) is 134 cm³/mol. The fourth-order valence-electron chi connectivity index (χ4n) is 4.72. The molecule has 2 aromatic carbocycles. The highest BCUT2D eigenvalue weighted by molar-refractivity contribution is 6.25. The van der Waals surface area contributed by atoms with Gasteiger partial charge in [0.15, 0.2) is 5.78 Å². The molecule has 1 atom stereocenters. The minimum absolute atomic E-state index is 0.0457. The highest BCUT2D eigenvalue weighted by atomic mass is 19.1. The van der Waals surface area contributed by atoms with Gasteiger partial charge in [-0.15, -0.1) is 0 Å². The zero-order chi connectivity index (χ0) is 25.3. The van der Waals surface area contributed by atoms with Gasteiger partial charge in [-0.3, -0.25) is 9.78 Å². The van der Waals surface area contributed by atoms with Crippen molar-refractivity contribution < 1.29 is 18.7 Å². The van der Waals surface area contributed by atoms with E-state index in [0.29, 0.717) is 24.2 Å². The molecule has 1 aliphatic rings. The third-order valence-electron chi connectivity index (χ3n) is 6.28. The van der Waals surface area contributed by atoms with Crippen LogP contribution in [0.2, 0.25) is 0 Å². The van der Waals surface area contributed by atoms with Gasteiger partial charge < -0.3 is 9.64 Å². The van der Waals surface area contributed by atoms with E-state index in [-0.39, 0.29) is 11.6 Å². The summed E-state index contributed by atoms with van der Waals surface area (Å²) in [6.07, 6.45) is 1.92. The molecule has 3 aromatic rings. The molecule has 0 saturated heterocycles. The summed E-state index contributed by atoms with van der Waals surface area (Å²) in [6, 6.07) is 14.1. The van der Waals surface area contributed by atoms with Crippen molar-refractivity contribution in [3.8, 4) is 11.1 Å². The quantitative estimate of drug-likeness (QED) is 0.453. The topological polar surface area (TPSA) is 59.5 Å². The second-order valence-electron chi connectivity index (χ2n) is 9.35. The molecule has 0 fully saturated rings. The number of nitrogens with zero attached hydrogens (tertiary/aromatic N) is 2. The number of aryl methyl sites for hydroxylation is 3. The maximum Gasteiger partial charge on any atom is 0.414 e. The van der Waals surface area contributed by atoms with Crippen molar-refractivity contribution in [2.45, 2.75) is 33.6 Å². The van der Waals surface area contributed by atoms with Crippen LogP contribution in [0.3, 0.4) is 0 Å². The normalized spacial score (nSPS) is 15.5. The Morgan fingerprint density at radius 2 is 1.69 bits per heavy atom. The van der Waals surface area contributed by atoms with Crippen molar-refractivity contribution in [1.29, 1.82) is 0 Å². The van der Waals surface area contributed by atoms with E-state index in [1.807, 2.05) is 45.0 Å². The number of halogens is 1. The summed E-state index contributed by atoms with van der Waals surface area (Å²) in [5, 5.41) is 0. The van der Waals surface area contributed by atoms with E-state index in [2.05, 4.69) is 4.98 Å². The predicted octanol–water partition coefficient (Wildman–Crippen LogP) is 6.05. The molecule has 35 heavy (non-hydrogen) atoms. The third-order valence-corrected chi connectivity index (χ3v) is 6.28. The van der Waals surface area contributed by atoms with Gasteiger partial charge in [0.2, 0.25) is 0 Å². The Morgan fingerprint density at radius 1 is 1.03 bits per heavy atom. The van der Waals surface area contributed by atoms with Gasteiger partial charge in [-0.25, -0.2) is 9.18 Å². The smallest absolute Gasteiger partial charge is 0.414 e. The number of hydrogen-bond donors (Lipinski definition) is 0. The Bertz CT molecular complexity index is 1300. The van der Waals surface area contributed by atoms with Crippen LogP contribution in [0.4, 0.5) is 9.18 Å². The van der Waals surface area contributed by atoms with Crippen LogP contribution in [0.1, 0.15) is 34.4 Å². The third kappa shape index (κ3) is 5.16. The lowest BCUT2D eigenvalue weighted by Crippen LogP contribution is -2.22. The molecule has 6 heteroatoms. The molecular formula is C29H29FN2O3. The number of ether oxygens (including phenoxy) is 1. The highest BCUT2D eigenvalue weighted by Crippen LogP contribution is 2.40. The summed E-state index contributed by atoms with van der Waals surface area (Å²) in [5.41, 5.74) is 6.90. The van der Waals surface area contributed by atoms with Crippen molar-refractivity contribution in [3.63, 3.8) is 0 Å². The Morgan fingerprint density at radius 3 is 2.31 bits per heavy atom. The Hall–Kier alpha value is -3.80. The molecule has 1 amide bonds. The number of carbonyl (C=O) groups excluding carboxylic acids is 2. The minimum Gasteiger partial charge on any atom is -0.414 e. The second-order valence-corrected chi connectivity index (χ2v) is 9.35. The first-order valence-electron chi connectivity index (χ1n) is 11.6. The number of carbonyl (C=O) groups is 2. The van der Waals surface area contributed by atoms with E-state index in [9.17, 15) is 14.0 Å². The first-order valence-corrected chi connectivity index (χ1v) is 11.6. The Labute approximate surface area is 205 Å². The number of pyridine rings is 1. The van der Waals surface area contributed by atoms with Crippen LogP contribution in [0.5, 0.6) is 0 Å². The number of allylic oxidation sites excluding steroid dienone is 2. The van der Waals surface area contributed by atoms with Gasteiger partial charge in [-0.05, 0) is 72.9 Å². The molecule has 0 radical (unpaired) electrons. The van der Waals surface area contributed by atoms with E-state index in [4.69, 9.17) is 4.74 Å². The van der Waals surface area contributed by atoms with E-state index < -0.39 is 12.0 Å². The van der Waals surface area contributed by atoms with Crippen LogP contribution < -0.4 is 0 Å². The lowest BCUT2D eigenvalue weighted by molar-refractivity contribution is -0.116. The van der Waals surface area contributed by atoms with Crippen LogP contribution in [0.15, 0.2) is 60.5 Å². The van der Waals surface area contributed by atoms with Gasteiger partial charge >= 0.3 is 6.09 Å². The van der Waals surface area contributed by atoms with Crippen LogP contribution in [-0.4, -0.2) is 35.9 Å². The monoisotopic (exact) mass is 472 g/mol. The molecule has 0 spiro atoms. The second kappa shape index (κ2) is 9.82. The number of hydrogen-bond acceptors (Lipinski definition) is 4. The largest absolute Gasteiger partial charge is 0.414 e. The van der Waals surface area contributed by atoms with Crippen molar-refractivity contribution in [2.24, 2.45) is 5.92 Å². The Kier molecular flexibility index (Phi) is 6.83. The number of ketones is 1. The fourth-order valence-corrected chi connectivity index (χ4v) is 4.72. The van der Waals surface area contributed by atoms with E-state index in [1.165, 1.54) is 17.0 Å². The lowest BCUT2D eigenvalue weighted by Gasteiger charge is -2.15. The molecule has 180 valence electrons. The van der Waals surface area contributed by atoms with Crippen molar-refractivity contribution in [1.82, 2.24) is 9.88 Å². The molecule has 0 saturated carbocycles. The van der Waals surface area contributed by atoms with Crippen LogP contribution in [-0.2, 0) is 16.0 Å². The van der Waals surface area contributed by atoms with Gasteiger partial charge in [0.25, 0.3) is 0 Å². The summed E-state index contributed by atoms with van der Waals surface area (Å²) >= 11 is 0. The van der Waals surface area contributed by atoms with Gasteiger partial charge in [-0.2, -0.15) is 0 Å². The van der Waals surface area contributed by atoms with Gasteiger partial charge in [0.05, 0.1) is 5.57 Å². The molecule has 0 N–H and O–H groups in total. The lowest BCUT2D eigenvalue weighted by atomic mass is 9.89. The van der Waals surface area contributed by atoms with Crippen molar-refractivity contribution >= 4 is 17.4 Å². The standard InChI is InChI=1S/C29H29FN2O3/c1-17-12-18(2)26(19(3)13-17)27-25(35-29(34)32(4)5)16-22(28(27)33)15-24-14-21(10-11-31-24)20-6-8-23(30)9-7-20/h6-14,22H,15-16H2,1-5H3. The zero-order valence-corrected chi connectivity index (χ0v) is 20.7. The average molecular weight is 473 g/mol. The molecule has 4 rings (SSSR count). The molecule has 1 aliphatic carbocycles. The van der Waals surface area contributed by atoms with E-state index >= 15 is 0 Å². The number of Topliss-reactive ketones (excluding diaryl/α,β-unsaturated/α-hetero) is 1. The van der Waals surface area contributed by atoms with Crippen molar-refractivity contribution in [2.75, 3.05) is 14.1 Å². The van der Waals surface area contributed by atoms with Crippen LogP contribution in [0.25, 0.3) is 16.7 Å². The average Bonchev–Trinajstić information content (AvgIpc) is 3.08. The summed E-state index contributed by atoms with van der Waals surface area (Å²) in [6.45, 7) is 5.97. The fraction of sp³-hybridized carbons (Fsp3) is 0.276. The summed E-state index contributed by atoms with van der Waals surface area (Å²) in [4.78, 5) is 32.0. The molecular weight excluding hydrogens is 443 g/mol. The van der Waals surface area contributed by atoms with Gasteiger partial charge in [0.1, 0.15) is 11.6 Å².